The third-order valence-corrected chi connectivity index (χ3v) is 3.25. The molecular weight excluding hydrogens is 288 g/mol. The number of aromatic nitrogens is 2. The first kappa shape index (κ1) is 16.9. The Labute approximate surface area is 120 Å². The van der Waals surface area contributed by atoms with Gasteiger partial charge < -0.3 is 10.1 Å². The van der Waals surface area contributed by atoms with Crippen molar-refractivity contribution in [3.05, 3.63) is 5.01 Å². The molecule has 114 valence electrons. The zero-order valence-electron chi connectivity index (χ0n) is 11.7. The molecule has 5 nitrogen and oxygen atoms in total. The van der Waals surface area contributed by atoms with Gasteiger partial charge in [0.25, 0.3) is 6.43 Å². The van der Waals surface area contributed by atoms with Gasteiger partial charge in [-0.3, -0.25) is 4.79 Å². The lowest BCUT2D eigenvalue weighted by Crippen LogP contribution is -2.17. The van der Waals surface area contributed by atoms with E-state index in [-0.39, 0.29) is 23.6 Å². The number of alkyl halides is 2. The summed E-state index contributed by atoms with van der Waals surface area (Å²) in [5.41, 5.74) is 0. The quantitative estimate of drug-likeness (QED) is 0.800. The number of anilines is 1. The van der Waals surface area contributed by atoms with E-state index in [0.717, 1.165) is 6.42 Å². The molecule has 20 heavy (non-hydrogen) atoms. The van der Waals surface area contributed by atoms with E-state index >= 15 is 0 Å². The Morgan fingerprint density at radius 2 is 2.05 bits per heavy atom. The number of carbonyl (C=O) groups is 1. The molecule has 1 aromatic heterocycles. The van der Waals surface area contributed by atoms with Crippen LogP contribution in [0.15, 0.2) is 0 Å². The monoisotopic (exact) mass is 307 g/mol. The second-order valence-corrected chi connectivity index (χ2v) is 5.86. The highest BCUT2D eigenvalue weighted by atomic mass is 32.1. The van der Waals surface area contributed by atoms with Crippen LogP contribution >= 0.6 is 11.3 Å². The lowest BCUT2D eigenvalue weighted by atomic mass is 10.1. The Hall–Kier alpha value is -1.15. The Morgan fingerprint density at radius 1 is 1.35 bits per heavy atom. The third kappa shape index (κ3) is 6.33. The lowest BCUT2D eigenvalue weighted by molar-refractivity contribution is -0.117. The van der Waals surface area contributed by atoms with Gasteiger partial charge in [0.1, 0.15) is 0 Å². The van der Waals surface area contributed by atoms with Crippen molar-refractivity contribution in [2.24, 2.45) is 5.92 Å². The maximum Gasteiger partial charge on any atom is 0.291 e. The van der Waals surface area contributed by atoms with Crippen LogP contribution in [0.4, 0.5) is 13.9 Å². The Morgan fingerprint density at radius 3 is 2.60 bits per heavy atom. The van der Waals surface area contributed by atoms with Crippen LogP contribution in [0.1, 0.15) is 45.0 Å². The average molecular weight is 307 g/mol. The maximum absolute atomic E-state index is 12.3. The van der Waals surface area contributed by atoms with Crippen LogP contribution in [0.3, 0.4) is 0 Å². The Bertz CT molecular complexity index is 427. The van der Waals surface area contributed by atoms with Gasteiger partial charge in [-0.05, 0) is 19.3 Å². The lowest BCUT2D eigenvalue weighted by Gasteiger charge is -2.14. The van der Waals surface area contributed by atoms with Gasteiger partial charge in [0, 0.05) is 0 Å². The van der Waals surface area contributed by atoms with Gasteiger partial charge in [0.05, 0.1) is 19.1 Å². The third-order valence-electron chi connectivity index (χ3n) is 2.41. The summed E-state index contributed by atoms with van der Waals surface area (Å²) in [4.78, 5) is 11.6. The van der Waals surface area contributed by atoms with Gasteiger partial charge in [0.2, 0.25) is 11.0 Å². The number of rotatable bonds is 8. The van der Waals surface area contributed by atoms with E-state index in [1.54, 1.807) is 0 Å². The molecule has 1 aromatic rings. The van der Waals surface area contributed by atoms with E-state index in [1.807, 2.05) is 6.92 Å². The summed E-state index contributed by atoms with van der Waals surface area (Å²) >= 11 is 0.672. The number of nitrogens with one attached hydrogen (secondary N) is 1. The highest BCUT2D eigenvalue weighted by Gasteiger charge is 2.15. The normalized spacial score (nSPS) is 12.9. The molecule has 0 spiro atoms. The molecule has 0 fully saturated rings. The van der Waals surface area contributed by atoms with Crippen molar-refractivity contribution in [1.82, 2.24) is 10.2 Å². The molecule has 0 bridgehead atoms. The minimum atomic E-state index is -2.67. The number of carbonyl (C=O) groups excluding carboxylic acids is 1. The first-order valence-electron chi connectivity index (χ1n) is 6.41. The minimum absolute atomic E-state index is 0.0838. The second-order valence-electron chi connectivity index (χ2n) is 4.86. The first-order valence-corrected chi connectivity index (χ1v) is 7.23. The molecule has 0 aliphatic heterocycles. The zero-order valence-corrected chi connectivity index (χ0v) is 12.5. The molecule has 1 N–H and O–H groups in total. The summed E-state index contributed by atoms with van der Waals surface area (Å²) in [6, 6.07) is 0. The van der Waals surface area contributed by atoms with E-state index in [1.165, 1.54) is 0 Å². The molecule has 0 aliphatic carbocycles. The number of nitrogens with zero attached hydrogens (tertiary/aromatic N) is 2. The molecule has 0 unspecified atom stereocenters. The van der Waals surface area contributed by atoms with Crippen LogP contribution in [0, 0.1) is 5.92 Å². The van der Waals surface area contributed by atoms with Gasteiger partial charge in [-0.2, -0.15) is 0 Å². The zero-order chi connectivity index (χ0) is 15.1. The molecule has 0 aromatic carbocycles. The summed E-state index contributed by atoms with van der Waals surface area (Å²) in [6.07, 6.45) is -1.49. The fourth-order valence-electron chi connectivity index (χ4n) is 1.64. The van der Waals surface area contributed by atoms with Gasteiger partial charge in [-0.15, -0.1) is 10.2 Å². The number of hydrogen-bond acceptors (Lipinski definition) is 5. The van der Waals surface area contributed by atoms with Crippen molar-refractivity contribution < 1.29 is 18.3 Å². The maximum atomic E-state index is 12.3. The smallest absolute Gasteiger partial charge is 0.291 e. The molecular formula is C12H19F2N3O2S. The second kappa shape index (κ2) is 8.21. The van der Waals surface area contributed by atoms with Crippen LogP contribution < -0.4 is 5.32 Å². The topological polar surface area (TPSA) is 64.1 Å². The molecule has 8 heteroatoms. The SMILES string of the molecule is CC(C)C[C@H](C)OCCC(=O)Nc1nnc(C(F)F)s1. The molecule has 1 amide bonds. The number of amides is 1. The van der Waals surface area contributed by atoms with Crippen molar-refractivity contribution in [3.63, 3.8) is 0 Å². The Balaban J connectivity index is 2.26. The fourth-order valence-corrected chi connectivity index (χ4v) is 2.26. The first-order chi connectivity index (χ1) is 9.38. The highest BCUT2D eigenvalue weighted by molar-refractivity contribution is 7.15. The van der Waals surface area contributed by atoms with Crippen LogP contribution in [-0.2, 0) is 9.53 Å². The molecule has 0 aliphatic rings. The van der Waals surface area contributed by atoms with E-state index in [0.29, 0.717) is 23.9 Å². The fraction of sp³-hybridized carbons (Fsp3) is 0.750. The molecule has 0 radical (unpaired) electrons. The number of hydrogen-bond donors (Lipinski definition) is 1. The van der Waals surface area contributed by atoms with E-state index in [9.17, 15) is 13.6 Å². The molecule has 1 rings (SSSR count). The minimum Gasteiger partial charge on any atom is -0.378 e. The average Bonchev–Trinajstić information content (AvgIpc) is 2.76. The van der Waals surface area contributed by atoms with Crippen LogP contribution in [0.25, 0.3) is 0 Å². The number of halogens is 2. The summed E-state index contributed by atoms with van der Waals surface area (Å²) in [5, 5.41) is 8.87. The summed E-state index contributed by atoms with van der Waals surface area (Å²) < 4.78 is 30.1. The van der Waals surface area contributed by atoms with Gasteiger partial charge >= 0.3 is 0 Å². The summed E-state index contributed by atoms with van der Waals surface area (Å²) in [7, 11) is 0. The summed E-state index contributed by atoms with van der Waals surface area (Å²) in [5.74, 6) is 0.215. The number of ether oxygens (including phenoxy) is 1. The standard InChI is InChI=1S/C12H19F2N3O2S/c1-7(2)6-8(3)19-5-4-9(18)15-12-17-16-11(20-12)10(13)14/h7-8,10H,4-6H2,1-3H3,(H,15,17,18)/t8-/m0/s1. The van der Waals surface area contributed by atoms with Gasteiger partial charge in [-0.25, -0.2) is 8.78 Å². The largest absolute Gasteiger partial charge is 0.378 e. The molecule has 1 atom stereocenters. The van der Waals surface area contributed by atoms with Crippen molar-refractivity contribution in [1.29, 1.82) is 0 Å². The van der Waals surface area contributed by atoms with Crippen LogP contribution in [0.2, 0.25) is 0 Å². The Kier molecular flexibility index (Phi) is 6.94. The van der Waals surface area contributed by atoms with E-state index in [4.69, 9.17) is 4.74 Å². The summed E-state index contributed by atoms with van der Waals surface area (Å²) in [6.45, 7) is 6.45. The predicted octanol–water partition coefficient (Wildman–Crippen LogP) is 3.26. The predicted molar refractivity (Wildman–Crippen MR) is 73.0 cm³/mol. The molecule has 1 heterocycles. The van der Waals surface area contributed by atoms with Gasteiger partial charge in [-0.1, -0.05) is 25.2 Å². The van der Waals surface area contributed by atoms with E-state index < -0.39 is 11.4 Å². The van der Waals surface area contributed by atoms with Crippen molar-refractivity contribution in [3.8, 4) is 0 Å². The van der Waals surface area contributed by atoms with Crippen molar-refractivity contribution >= 4 is 22.4 Å². The highest BCUT2D eigenvalue weighted by Crippen LogP contribution is 2.25. The van der Waals surface area contributed by atoms with Gasteiger partial charge in [0.15, 0.2) is 5.01 Å². The molecule has 0 saturated heterocycles. The van der Waals surface area contributed by atoms with Crippen molar-refractivity contribution in [2.75, 3.05) is 11.9 Å². The van der Waals surface area contributed by atoms with Crippen LogP contribution in [0.5, 0.6) is 0 Å². The molecule has 0 saturated carbocycles. The van der Waals surface area contributed by atoms with E-state index in [2.05, 4.69) is 29.4 Å². The van der Waals surface area contributed by atoms with Crippen LogP contribution in [-0.4, -0.2) is 28.8 Å². The van der Waals surface area contributed by atoms with Crippen molar-refractivity contribution in [2.45, 2.75) is 46.1 Å².